The molecule has 0 aliphatic heterocycles. The van der Waals surface area contributed by atoms with Gasteiger partial charge in [-0.2, -0.15) is 0 Å². The summed E-state index contributed by atoms with van der Waals surface area (Å²) in [6.07, 6.45) is 4.74. The summed E-state index contributed by atoms with van der Waals surface area (Å²) in [5.74, 6) is 0. The van der Waals surface area contributed by atoms with Gasteiger partial charge in [0.25, 0.3) is 0 Å². The van der Waals surface area contributed by atoms with E-state index < -0.39 is 21.2 Å². The van der Waals surface area contributed by atoms with Gasteiger partial charge in [0.15, 0.2) is 9.84 Å². The molecule has 0 saturated heterocycles. The minimum atomic E-state index is -3.22. The molecule has 0 heterocycles. The maximum atomic E-state index is 11.5. The topological polar surface area (TPSA) is 54.4 Å². The Kier molecular flexibility index (Phi) is 3.78. The Morgan fingerprint density at radius 2 is 1.78 bits per heavy atom. The zero-order valence-electron chi connectivity index (χ0n) is 10.9. The zero-order valence-corrected chi connectivity index (χ0v) is 11.7. The van der Waals surface area contributed by atoms with E-state index in [-0.39, 0.29) is 0 Å². The first-order valence-corrected chi connectivity index (χ1v) is 8.33. The van der Waals surface area contributed by atoms with Crippen LogP contribution in [-0.2, 0) is 22.7 Å². The van der Waals surface area contributed by atoms with Gasteiger partial charge in [-0.15, -0.1) is 0 Å². The monoisotopic (exact) mass is 268 g/mol. The Morgan fingerprint density at radius 3 is 2.39 bits per heavy atom. The van der Waals surface area contributed by atoms with E-state index in [9.17, 15) is 13.5 Å². The smallest absolute Gasteiger partial charge is 0.152 e. The summed E-state index contributed by atoms with van der Waals surface area (Å²) in [5, 5.41) is 9.38. The third kappa shape index (κ3) is 2.75. The molecule has 0 radical (unpaired) electrons. The molecule has 1 N–H and O–H groups in total. The molecule has 1 aromatic carbocycles. The summed E-state index contributed by atoms with van der Waals surface area (Å²) < 4.78 is 22.9. The number of benzene rings is 1. The van der Waals surface area contributed by atoms with Gasteiger partial charge in [0.2, 0.25) is 0 Å². The summed E-state index contributed by atoms with van der Waals surface area (Å²) in [6.45, 7) is 1.56. The number of rotatable bonds is 3. The van der Waals surface area contributed by atoms with Gasteiger partial charge in [-0.25, -0.2) is 8.42 Å². The Hall–Kier alpha value is -0.870. The van der Waals surface area contributed by atoms with Gasteiger partial charge < -0.3 is 5.11 Å². The van der Waals surface area contributed by atoms with E-state index in [1.165, 1.54) is 30.2 Å². The average Bonchev–Trinajstić information content (AvgIpc) is 2.35. The second-order valence-corrected chi connectivity index (χ2v) is 7.62. The first kappa shape index (κ1) is 13.6. The molecule has 1 aliphatic rings. The Bertz CT molecular complexity index is 534. The summed E-state index contributed by atoms with van der Waals surface area (Å²) in [6, 6.07) is 5.86. The first-order chi connectivity index (χ1) is 8.39. The standard InChI is InChI=1S/C14H20O3S/c1-10(18(2,16)17)14(15)13-8-7-11-5-3-4-6-12(11)9-13/h7-10,14-15H,3-6H2,1-2H3. The van der Waals surface area contributed by atoms with Crippen LogP contribution in [0.25, 0.3) is 0 Å². The number of aryl methyl sites for hydroxylation is 2. The largest absolute Gasteiger partial charge is 0.387 e. The molecule has 0 amide bonds. The maximum absolute atomic E-state index is 11.5. The molecule has 0 spiro atoms. The van der Waals surface area contributed by atoms with Gasteiger partial charge in [0.05, 0.1) is 11.4 Å². The molecule has 1 aliphatic carbocycles. The highest BCUT2D eigenvalue weighted by Crippen LogP contribution is 2.27. The summed E-state index contributed by atoms with van der Waals surface area (Å²) >= 11 is 0. The lowest BCUT2D eigenvalue weighted by Gasteiger charge is -2.21. The lowest BCUT2D eigenvalue weighted by molar-refractivity contribution is 0.176. The highest BCUT2D eigenvalue weighted by Gasteiger charge is 2.26. The Balaban J connectivity index is 2.29. The van der Waals surface area contributed by atoms with Crippen molar-refractivity contribution in [2.75, 3.05) is 6.26 Å². The molecule has 18 heavy (non-hydrogen) atoms. The molecule has 2 unspecified atom stereocenters. The van der Waals surface area contributed by atoms with Gasteiger partial charge in [-0.3, -0.25) is 0 Å². The molecule has 0 aromatic heterocycles. The van der Waals surface area contributed by atoms with E-state index >= 15 is 0 Å². The van der Waals surface area contributed by atoms with E-state index in [2.05, 4.69) is 0 Å². The zero-order chi connectivity index (χ0) is 13.3. The second kappa shape index (κ2) is 5.02. The minimum Gasteiger partial charge on any atom is -0.387 e. The fraction of sp³-hybridized carbons (Fsp3) is 0.571. The highest BCUT2D eigenvalue weighted by atomic mass is 32.2. The SMILES string of the molecule is CC(C(O)c1ccc2c(c1)CCCC2)S(C)(=O)=O. The number of hydrogen-bond donors (Lipinski definition) is 1. The van der Waals surface area contributed by atoms with Crippen LogP contribution in [0.5, 0.6) is 0 Å². The van der Waals surface area contributed by atoms with Gasteiger partial charge >= 0.3 is 0 Å². The van der Waals surface area contributed by atoms with Crippen molar-refractivity contribution >= 4 is 9.84 Å². The minimum absolute atomic E-state index is 0.716. The predicted octanol–water partition coefficient (Wildman–Crippen LogP) is 2.03. The van der Waals surface area contributed by atoms with Crippen LogP contribution in [0.2, 0.25) is 0 Å². The molecule has 100 valence electrons. The van der Waals surface area contributed by atoms with E-state index in [0.29, 0.717) is 5.56 Å². The van der Waals surface area contributed by atoms with Crippen molar-refractivity contribution in [1.82, 2.24) is 0 Å². The summed E-state index contributed by atoms with van der Waals surface area (Å²) in [5.41, 5.74) is 3.32. The molecular weight excluding hydrogens is 248 g/mol. The molecule has 1 aromatic rings. The van der Waals surface area contributed by atoms with Gasteiger partial charge in [0.1, 0.15) is 0 Å². The Morgan fingerprint density at radius 1 is 1.17 bits per heavy atom. The quantitative estimate of drug-likeness (QED) is 0.912. The third-order valence-corrected chi connectivity index (χ3v) is 5.44. The van der Waals surface area contributed by atoms with Crippen molar-refractivity contribution in [3.63, 3.8) is 0 Å². The molecule has 0 saturated carbocycles. The van der Waals surface area contributed by atoms with Crippen LogP contribution in [0.15, 0.2) is 18.2 Å². The average molecular weight is 268 g/mol. The molecule has 2 atom stereocenters. The maximum Gasteiger partial charge on any atom is 0.152 e. The molecular formula is C14H20O3S. The number of sulfone groups is 1. The lowest BCUT2D eigenvalue weighted by atomic mass is 9.89. The molecule has 0 fully saturated rings. The number of aliphatic hydroxyl groups excluding tert-OH is 1. The van der Waals surface area contributed by atoms with Crippen molar-refractivity contribution in [3.05, 3.63) is 34.9 Å². The van der Waals surface area contributed by atoms with Crippen LogP contribution in [0.3, 0.4) is 0 Å². The van der Waals surface area contributed by atoms with Crippen molar-refractivity contribution in [1.29, 1.82) is 0 Å². The molecule has 3 nitrogen and oxygen atoms in total. The fourth-order valence-corrected chi connectivity index (χ4v) is 3.07. The lowest BCUT2D eigenvalue weighted by Crippen LogP contribution is -2.24. The number of aliphatic hydroxyl groups is 1. The number of fused-ring (bicyclic) bond motifs is 1. The second-order valence-electron chi connectivity index (χ2n) is 5.21. The van der Waals surface area contributed by atoms with Crippen LogP contribution >= 0.6 is 0 Å². The van der Waals surface area contributed by atoms with Crippen LogP contribution in [-0.4, -0.2) is 25.0 Å². The van der Waals surface area contributed by atoms with Crippen LogP contribution in [0.1, 0.15) is 42.6 Å². The van der Waals surface area contributed by atoms with E-state index in [1.54, 1.807) is 6.92 Å². The Labute approximate surface area is 109 Å². The molecule has 4 heteroatoms. The van der Waals surface area contributed by atoms with Crippen molar-refractivity contribution in [3.8, 4) is 0 Å². The summed E-state index contributed by atoms with van der Waals surface area (Å²) in [4.78, 5) is 0. The molecule has 0 bridgehead atoms. The summed E-state index contributed by atoms with van der Waals surface area (Å²) in [7, 11) is -3.22. The normalized spacial score (nSPS) is 19.1. The predicted molar refractivity (Wildman–Crippen MR) is 72.3 cm³/mol. The van der Waals surface area contributed by atoms with Crippen molar-refractivity contribution < 1.29 is 13.5 Å². The first-order valence-electron chi connectivity index (χ1n) is 6.38. The number of hydrogen-bond acceptors (Lipinski definition) is 3. The van der Waals surface area contributed by atoms with Gasteiger partial charge in [0, 0.05) is 6.26 Å². The van der Waals surface area contributed by atoms with Crippen molar-refractivity contribution in [2.24, 2.45) is 0 Å². The van der Waals surface area contributed by atoms with E-state index in [4.69, 9.17) is 0 Å². The van der Waals surface area contributed by atoms with Crippen LogP contribution in [0.4, 0.5) is 0 Å². The van der Waals surface area contributed by atoms with Crippen molar-refractivity contribution in [2.45, 2.75) is 44.0 Å². The van der Waals surface area contributed by atoms with E-state index in [0.717, 1.165) is 12.8 Å². The van der Waals surface area contributed by atoms with Crippen LogP contribution in [0, 0.1) is 0 Å². The van der Waals surface area contributed by atoms with Crippen LogP contribution < -0.4 is 0 Å². The third-order valence-electron chi connectivity index (χ3n) is 3.83. The fourth-order valence-electron chi connectivity index (χ4n) is 2.44. The van der Waals surface area contributed by atoms with Gasteiger partial charge in [-0.05, 0) is 49.3 Å². The van der Waals surface area contributed by atoms with E-state index in [1.807, 2.05) is 18.2 Å². The highest BCUT2D eigenvalue weighted by molar-refractivity contribution is 7.91. The molecule has 2 rings (SSSR count). The van der Waals surface area contributed by atoms with Gasteiger partial charge in [-0.1, -0.05) is 18.2 Å².